The maximum atomic E-state index is 12.4. The summed E-state index contributed by atoms with van der Waals surface area (Å²) in [6.45, 7) is 1.49. The number of benzene rings is 1. The van der Waals surface area contributed by atoms with Crippen LogP contribution < -0.4 is 16.0 Å². The summed E-state index contributed by atoms with van der Waals surface area (Å²) in [5.74, 6) is -0.479. The molecule has 1 aromatic carbocycles. The molecule has 0 bridgehead atoms. The number of aromatic nitrogens is 1. The topological polar surface area (TPSA) is 91.2 Å². The van der Waals surface area contributed by atoms with Crippen molar-refractivity contribution < 1.29 is 9.59 Å². The zero-order valence-electron chi connectivity index (χ0n) is 13.1. The Bertz CT molecular complexity index is 751. The predicted molar refractivity (Wildman–Crippen MR) is 97.0 cm³/mol. The Labute approximate surface area is 148 Å². The standard InChI is InChI=1S/C17H19BrN4O2/c18-12-9-14(20-10-12)17(24)21-13-3-1-2-4-15(13)22-7-5-11(6-8-22)16(19)23/h1-4,9-11,20H,5-8H2,(H2,19,23)(H,21,24). The molecular formula is C17H19BrN4O2. The van der Waals surface area contributed by atoms with E-state index in [0.29, 0.717) is 5.69 Å². The van der Waals surface area contributed by atoms with Crippen molar-refractivity contribution in [3.8, 4) is 0 Å². The molecule has 0 atom stereocenters. The Balaban J connectivity index is 1.74. The van der Waals surface area contributed by atoms with Gasteiger partial charge >= 0.3 is 0 Å². The number of amides is 2. The van der Waals surface area contributed by atoms with Crippen LogP contribution in [0.3, 0.4) is 0 Å². The molecule has 4 N–H and O–H groups in total. The van der Waals surface area contributed by atoms with Gasteiger partial charge in [0.15, 0.2) is 0 Å². The predicted octanol–water partition coefficient (Wildman–Crippen LogP) is 2.73. The molecule has 0 radical (unpaired) electrons. The lowest BCUT2D eigenvalue weighted by atomic mass is 9.96. The summed E-state index contributed by atoms with van der Waals surface area (Å²) < 4.78 is 0.828. The van der Waals surface area contributed by atoms with Gasteiger partial charge in [0.1, 0.15) is 5.69 Å². The first-order valence-corrected chi connectivity index (χ1v) is 8.62. The minimum atomic E-state index is -0.228. The third kappa shape index (κ3) is 3.62. The van der Waals surface area contributed by atoms with Crippen LogP contribution in [0.4, 0.5) is 11.4 Å². The van der Waals surface area contributed by atoms with Crippen LogP contribution in [0.5, 0.6) is 0 Å². The summed E-state index contributed by atoms with van der Waals surface area (Å²) in [7, 11) is 0. The second-order valence-corrected chi connectivity index (χ2v) is 6.78. The van der Waals surface area contributed by atoms with Crippen molar-refractivity contribution in [1.29, 1.82) is 0 Å². The van der Waals surface area contributed by atoms with Crippen molar-refractivity contribution in [2.45, 2.75) is 12.8 Å². The largest absolute Gasteiger partial charge is 0.370 e. The Kier molecular flexibility index (Phi) is 4.89. The van der Waals surface area contributed by atoms with Gasteiger partial charge in [0.2, 0.25) is 5.91 Å². The van der Waals surface area contributed by atoms with Gasteiger partial charge in [0.25, 0.3) is 5.91 Å². The van der Waals surface area contributed by atoms with Crippen molar-refractivity contribution in [1.82, 2.24) is 4.98 Å². The molecule has 0 spiro atoms. The highest BCUT2D eigenvalue weighted by Crippen LogP contribution is 2.30. The number of H-pyrrole nitrogens is 1. The number of hydrogen-bond acceptors (Lipinski definition) is 3. The van der Waals surface area contributed by atoms with Crippen LogP contribution in [0.25, 0.3) is 0 Å². The molecule has 1 fully saturated rings. The van der Waals surface area contributed by atoms with Gasteiger partial charge in [-0.05, 0) is 47.0 Å². The highest BCUT2D eigenvalue weighted by Gasteiger charge is 2.24. The first kappa shape index (κ1) is 16.6. The van der Waals surface area contributed by atoms with Crippen LogP contribution >= 0.6 is 15.9 Å². The van der Waals surface area contributed by atoms with E-state index in [-0.39, 0.29) is 17.7 Å². The lowest BCUT2D eigenvalue weighted by Gasteiger charge is -2.33. The summed E-state index contributed by atoms with van der Waals surface area (Å²) in [6.07, 6.45) is 3.19. The molecule has 2 amide bonds. The number of nitrogens with zero attached hydrogens (tertiary/aromatic N) is 1. The highest BCUT2D eigenvalue weighted by molar-refractivity contribution is 9.10. The summed E-state index contributed by atoms with van der Waals surface area (Å²) >= 11 is 3.32. The number of piperidine rings is 1. The number of aromatic amines is 1. The van der Waals surface area contributed by atoms with Gasteiger partial charge < -0.3 is 20.9 Å². The molecule has 0 aliphatic carbocycles. The van der Waals surface area contributed by atoms with E-state index in [4.69, 9.17) is 5.73 Å². The first-order valence-electron chi connectivity index (χ1n) is 7.83. The molecule has 126 valence electrons. The maximum absolute atomic E-state index is 12.4. The van der Waals surface area contributed by atoms with E-state index in [0.717, 1.165) is 41.8 Å². The molecule has 24 heavy (non-hydrogen) atoms. The van der Waals surface area contributed by atoms with E-state index in [9.17, 15) is 9.59 Å². The summed E-state index contributed by atoms with van der Waals surface area (Å²) in [5.41, 5.74) is 7.59. The Morgan fingerprint density at radius 2 is 1.96 bits per heavy atom. The van der Waals surface area contributed by atoms with Gasteiger partial charge in [-0.1, -0.05) is 12.1 Å². The number of hydrogen-bond donors (Lipinski definition) is 3. The van der Waals surface area contributed by atoms with Crippen LogP contribution in [0, 0.1) is 5.92 Å². The number of nitrogens with one attached hydrogen (secondary N) is 2. The van der Waals surface area contributed by atoms with Crippen molar-refractivity contribution in [3.63, 3.8) is 0 Å². The fraction of sp³-hybridized carbons (Fsp3) is 0.294. The molecule has 2 heterocycles. The summed E-state index contributed by atoms with van der Waals surface area (Å²) in [5, 5.41) is 2.95. The number of rotatable bonds is 4. The number of para-hydroxylation sites is 2. The molecule has 1 aliphatic rings. The fourth-order valence-electron chi connectivity index (χ4n) is 2.95. The van der Waals surface area contributed by atoms with Crippen molar-refractivity contribution in [3.05, 3.63) is 46.7 Å². The Morgan fingerprint density at radius 1 is 1.25 bits per heavy atom. The number of halogens is 1. The third-order valence-electron chi connectivity index (χ3n) is 4.28. The molecule has 7 heteroatoms. The summed E-state index contributed by atoms with van der Waals surface area (Å²) in [4.78, 5) is 28.8. The van der Waals surface area contributed by atoms with E-state index in [2.05, 4.69) is 31.1 Å². The zero-order valence-corrected chi connectivity index (χ0v) is 14.7. The van der Waals surface area contributed by atoms with Gasteiger partial charge in [0.05, 0.1) is 11.4 Å². The fourth-order valence-corrected chi connectivity index (χ4v) is 3.29. The van der Waals surface area contributed by atoms with Crippen LogP contribution in [-0.2, 0) is 4.79 Å². The van der Waals surface area contributed by atoms with Crippen LogP contribution in [0.2, 0.25) is 0 Å². The highest BCUT2D eigenvalue weighted by atomic mass is 79.9. The van der Waals surface area contributed by atoms with Crippen molar-refractivity contribution >= 4 is 39.1 Å². The number of primary amides is 1. The second kappa shape index (κ2) is 7.09. The normalized spacial score (nSPS) is 15.3. The molecular weight excluding hydrogens is 372 g/mol. The molecule has 3 rings (SSSR count). The molecule has 0 saturated carbocycles. The second-order valence-electron chi connectivity index (χ2n) is 5.87. The Hall–Kier alpha value is -2.28. The molecule has 6 nitrogen and oxygen atoms in total. The number of carbonyl (C=O) groups excluding carboxylic acids is 2. The van der Waals surface area contributed by atoms with Crippen LogP contribution in [0.1, 0.15) is 23.3 Å². The van der Waals surface area contributed by atoms with Gasteiger partial charge in [-0.2, -0.15) is 0 Å². The van der Waals surface area contributed by atoms with E-state index < -0.39 is 0 Å². The molecule has 0 unspecified atom stereocenters. The van der Waals surface area contributed by atoms with Gasteiger partial charge in [-0.15, -0.1) is 0 Å². The minimum Gasteiger partial charge on any atom is -0.370 e. The molecule has 1 aliphatic heterocycles. The number of carbonyl (C=O) groups is 2. The quantitative estimate of drug-likeness (QED) is 0.749. The van der Waals surface area contributed by atoms with E-state index in [1.54, 1.807) is 12.3 Å². The van der Waals surface area contributed by atoms with E-state index in [1.807, 2.05) is 24.3 Å². The zero-order chi connectivity index (χ0) is 17.1. The summed E-state index contributed by atoms with van der Waals surface area (Å²) in [6, 6.07) is 9.42. The lowest BCUT2D eigenvalue weighted by Crippen LogP contribution is -2.38. The monoisotopic (exact) mass is 390 g/mol. The Morgan fingerprint density at radius 3 is 2.58 bits per heavy atom. The van der Waals surface area contributed by atoms with Gasteiger partial charge in [-0.25, -0.2) is 0 Å². The lowest BCUT2D eigenvalue weighted by molar-refractivity contribution is -0.122. The van der Waals surface area contributed by atoms with Crippen molar-refractivity contribution in [2.24, 2.45) is 11.7 Å². The molecule has 1 saturated heterocycles. The van der Waals surface area contributed by atoms with Gasteiger partial charge in [-0.3, -0.25) is 9.59 Å². The third-order valence-corrected chi connectivity index (χ3v) is 4.74. The molecule has 1 aromatic heterocycles. The number of nitrogens with two attached hydrogens (primary N) is 1. The van der Waals surface area contributed by atoms with E-state index in [1.165, 1.54) is 0 Å². The minimum absolute atomic E-state index is 0.0562. The molecule has 2 aromatic rings. The maximum Gasteiger partial charge on any atom is 0.272 e. The van der Waals surface area contributed by atoms with E-state index >= 15 is 0 Å². The van der Waals surface area contributed by atoms with Crippen LogP contribution in [-0.4, -0.2) is 29.9 Å². The smallest absolute Gasteiger partial charge is 0.272 e. The van der Waals surface area contributed by atoms with Crippen molar-refractivity contribution in [2.75, 3.05) is 23.3 Å². The van der Waals surface area contributed by atoms with Gasteiger partial charge in [0, 0.05) is 29.7 Å². The first-order chi connectivity index (χ1) is 11.5. The number of anilines is 2. The average molecular weight is 391 g/mol. The average Bonchev–Trinajstić information content (AvgIpc) is 3.02. The SMILES string of the molecule is NC(=O)C1CCN(c2ccccc2NC(=O)c2cc(Br)c[nH]2)CC1. The van der Waals surface area contributed by atoms with Crippen LogP contribution in [0.15, 0.2) is 41.0 Å².